The average molecular weight is 305 g/mol. The third-order valence-corrected chi connectivity index (χ3v) is 5.33. The predicted octanol–water partition coefficient (Wildman–Crippen LogP) is -0.261. The summed E-state index contributed by atoms with van der Waals surface area (Å²) in [5.41, 5.74) is 4.99. The number of primary amides is 1. The summed E-state index contributed by atoms with van der Waals surface area (Å²) in [6, 6.07) is 0.773. The maximum Gasteiger partial charge on any atom is 0.218 e. The zero-order chi connectivity index (χ0) is 15.2. The summed E-state index contributed by atoms with van der Waals surface area (Å²) in [5, 5.41) is 3.43. The Hall–Kier alpha value is -0.660. The summed E-state index contributed by atoms with van der Waals surface area (Å²) >= 11 is 0. The number of hydrogen-bond acceptors (Lipinski definition) is 5. The van der Waals surface area contributed by atoms with Crippen LogP contribution in [0.3, 0.4) is 0 Å². The van der Waals surface area contributed by atoms with E-state index in [2.05, 4.69) is 24.1 Å². The summed E-state index contributed by atoms with van der Waals surface area (Å²) in [4.78, 5) is 12.8. The van der Waals surface area contributed by atoms with Crippen LogP contribution in [0.25, 0.3) is 0 Å². The van der Waals surface area contributed by atoms with E-state index in [1.807, 2.05) is 0 Å². The standard InChI is InChI=1S/C13H27N3O3S/c1-11(2)16(10-12-4-3-6-15-12)7-9-20(18,19)8-5-13(14)17/h11-12,15H,3-10H2,1-2H3,(H2,14,17). The van der Waals surface area contributed by atoms with Crippen LogP contribution in [0.2, 0.25) is 0 Å². The van der Waals surface area contributed by atoms with E-state index in [-0.39, 0.29) is 17.9 Å². The first-order chi connectivity index (χ1) is 9.30. The molecule has 7 heteroatoms. The molecule has 1 amide bonds. The predicted molar refractivity (Wildman–Crippen MR) is 80.2 cm³/mol. The third kappa shape index (κ3) is 6.67. The molecule has 20 heavy (non-hydrogen) atoms. The monoisotopic (exact) mass is 305 g/mol. The number of nitrogens with zero attached hydrogens (tertiary/aromatic N) is 1. The fraction of sp³-hybridized carbons (Fsp3) is 0.923. The SMILES string of the molecule is CC(C)N(CCS(=O)(=O)CCC(N)=O)CC1CCCN1. The van der Waals surface area contributed by atoms with E-state index in [0.717, 1.165) is 19.5 Å². The quantitative estimate of drug-likeness (QED) is 0.612. The molecule has 1 unspecified atom stereocenters. The maximum absolute atomic E-state index is 11.8. The largest absolute Gasteiger partial charge is 0.370 e. The van der Waals surface area contributed by atoms with Gasteiger partial charge in [0.2, 0.25) is 5.91 Å². The number of amides is 1. The van der Waals surface area contributed by atoms with Crippen molar-refractivity contribution in [3.05, 3.63) is 0 Å². The molecule has 1 aliphatic heterocycles. The first kappa shape index (κ1) is 17.4. The Labute approximate surface area is 122 Å². The Kier molecular flexibility index (Phi) is 6.91. The van der Waals surface area contributed by atoms with Crippen LogP contribution in [0.1, 0.15) is 33.1 Å². The van der Waals surface area contributed by atoms with Crippen LogP contribution in [-0.4, -0.2) is 62.4 Å². The van der Waals surface area contributed by atoms with Crippen LogP contribution in [0, 0.1) is 0 Å². The lowest BCUT2D eigenvalue weighted by molar-refractivity contribution is -0.117. The molecule has 1 atom stereocenters. The molecular weight excluding hydrogens is 278 g/mol. The summed E-state index contributed by atoms with van der Waals surface area (Å²) in [6.07, 6.45) is 2.25. The van der Waals surface area contributed by atoms with Gasteiger partial charge in [0.05, 0.1) is 11.5 Å². The minimum absolute atomic E-state index is 0.0885. The van der Waals surface area contributed by atoms with E-state index < -0.39 is 15.7 Å². The fourth-order valence-electron chi connectivity index (χ4n) is 2.37. The van der Waals surface area contributed by atoms with Crippen molar-refractivity contribution in [1.29, 1.82) is 0 Å². The van der Waals surface area contributed by atoms with Crippen LogP contribution in [0.5, 0.6) is 0 Å². The number of nitrogens with one attached hydrogen (secondary N) is 1. The Balaban J connectivity index is 2.43. The molecule has 1 heterocycles. The second-order valence-electron chi connectivity index (χ2n) is 5.75. The second-order valence-corrected chi connectivity index (χ2v) is 8.05. The molecule has 118 valence electrons. The van der Waals surface area contributed by atoms with Crippen molar-refractivity contribution in [2.45, 2.75) is 45.2 Å². The molecule has 6 nitrogen and oxygen atoms in total. The fourth-order valence-corrected chi connectivity index (χ4v) is 3.60. The van der Waals surface area contributed by atoms with Gasteiger partial charge in [-0.15, -0.1) is 0 Å². The van der Waals surface area contributed by atoms with Crippen molar-refractivity contribution in [2.24, 2.45) is 5.73 Å². The van der Waals surface area contributed by atoms with E-state index in [4.69, 9.17) is 5.73 Å². The van der Waals surface area contributed by atoms with Gasteiger partial charge in [-0.1, -0.05) is 0 Å². The zero-order valence-corrected chi connectivity index (χ0v) is 13.3. The van der Waals surface area contributed by atoms with Gasteiger partial charge in [0.1, 0.15) is 0 Å². The number of sulfone groups is 1. The topological polar surface area (TPSA) is 92.5 Å². The van der Waals surface area contributed by atoms with Crippen molar-refractivity contribution in [2.75, 3.05) is 31.1 Å². The van der Waals surface area contributed by atoms with Crippen LogP contribution in [0.15, 0.2) is 0 Å². The normalized spacial score (nSPS) is 19.9. The molecule has 1 fully saturated rings. The van der Waals surface area contributed by atoms with Gasteiger partial charge in [-0.25, -0.2) is 8.42 Å². The Morgan fingerprint density at radius 2 is 2.10 bits per heavy atom. The van der Waals surface area contributed by atoms with E-state index in [9.17, 15) is 13.2 Å². The number of rotatable bonds is 9. The van der Waals surface area contributed by atoms with E-state index in [1.54, 1.807) is 0 Å². The number of carbonyl (C=O) groups is 1. The van der Waals surface area contributed by atoms with Crippen molar-refractivity contribution in [1.82, 2.24) is 10.2 Å². The molecule has 1 aliphatic rings. The van der Waals surface area contributed by atoms with Gasteiger partial charge in [0.25, 0.3) is 0 Å². The van der Waals surface area contributed by atoms with E-state index in [0.29, 0.717) is 18.6 Å². The van der Waals surface area contributed by atoms with Crippen LogP contribution >= 0.6 is 0 Å². The highest BCUT2D eigenvalue weighted by molar-refractivity contribution is 7.91. The molecule has 0 bridgehead atoms. The van der Waals surface area contributed by atoms with Gasteiger partial charge in [-0.2, -0.15) is 0 Å². The molecule has 0 aromatic rings. The zero-order valence-electron chi connectivity index (χ0n) is 12.5. The summed E-state index contributed by atoms with van der Waals surface area (Å²) in [6.45, 7) is 6.59. The van der Waals surface area contributed by atoms with Crippen molar-refractivity contribution in [3.63, 3.8) is 0 Å². The number of carbonyl (C=O) groups excluding carboxylic acids is 1. The Bertz CT molecular complexity index is 403. The smallest absolute Gasteiger partial charge is 0.218 e. The number of nitrogens with two attached hydrogens (primary N) is 1. The van der Waals surface area contributed by atoms with Gasteiger partial charge >= 0.3 is 0 Å². The second kappa shape index (κ2) is 7.95. The first-order valence-electron chi connectivity index (χ1n) is 7.26. The lowest BCUT2D eigenvalue weighted by atomic mass is 10.2. The highest BCUT2D eigenvalue weighted by Gasteiger charge is 2.21. The molecule has 0 spiro atoms. The van der Waals surface area contributed by atoms with Gasteiger partial charge in [0, 0.05) is 31.6 Å². The van der Waals surface area contributed by atoms with Crippen molar-refractivity contribution < 1.29 is 13.2 Å². The molecule has 1 rings (SSSR count). The van der Waals surface area contributed by atoms with Crippen molar-refractivity contribution >= 4 is 15.7 Å². The average Bonchev–Trinajstić information content (AvgIpc) is 2.84. The molecule has 3 N–H and O–H groups in total. The summed E-state index contributed by atoms with van der Waals surface area (Å²) in [7, 11) is -3.20. The van der Waals surface area contributed by atoms with Crippen molar-refractivity contribution in [3.8, 4) is 0 Å². The van der Waals surface area contributed by atoms with Crippen LogP contribution in [0.4, 0.5) is 0 Å². The Morgan fingerprint density at radius 1 is 1.40 bits per heavy atom. The highest BCUT2D eigenvalue weighted by atomic mass is 32.2. The molecule has 0 aromatic carbocycles. The minimum atomic E-state index is -3.20. The first-order valence-corrected chi connectivity index (χ1v) is 9.08. The van der Waals surface area contributed by atoms with Crippen LogP contribution < -0.4 is 11.1 Å². The molecule has 0 saturated carbocycles. The van der Waals surface area contributed by atoms with Crippen LogP contribution in [-0.2, 0) is 14.6 Å². The molecule has 0 aliphatic carbocycles. The number of hydrogen-bond donors (Lipinski definition) is 2. The Morgan fingerprint density at radius 3 is 2.60 bits per heavy atom. The van der Waals surface area contributed by atoms with Gasteiger partial charge in [0.15, 0.2) is 9.84 Å². The van der Waals surface area contributed by atoms with E-state index in [1.165, 1.54) is 6.42 Å². The molecule has 0 aromatic heterocycles. The molecule has 0 radical (unpaired) electrons. The van der Waals surface area contributed by atoms with Gasteiger partial charge in [-0.05, 0) is 33.2 Å². The molecule has 1 saturated heterocycles. The maximum atomic E-state index is 11.8. The minimum Gasteiger partial charge on any atom is -0.370 e. The van der Waals surface area contributed by atoms with E-state index >= 15 is 0 Å². The molecular formula is C13H27N3O3S. The highest BCUT2D eigenvalue weighted by Crippen LogP contribution is 2.09. The van der Waals surface area contributed by atoms with Gasteiger partial charge in [-0.3, -0.25) is 9.69 Å². The third-order valence-electron chi connectivity index (χ3n) is 3.70. The lowest BCUT2D eigenvalue weighted by Gasteiger charge is -2.29. The lowest BCUT2D eigenvalue weighted by Crippen LogP contribution is -2.43. The van der Waals surface area contributed by atoms with Gasteiger partial charge < -0.3 is 11.1 Å². The summed E-state index contributed by atoms with van der Waals surface area (Å²) < 4.78 is 23.7. The summed E-state index contributed by atoms with van der Waals surface area (Å²) in [5.74, 6) is -0.620.